The van der Waals surface area contributed by atoms with Crippen LogP contribution in [0, 0.1) is 0 Å². The normalized spacial score (nSPS) is 10.9. The molecule has 0 fully saturated rings. The molecule has 0 unspecified atom stereocenters. The summed E-state index contributed by atoms with van der Waals surface area (Å²) < 4.78 is 0. The van der Waals surface area contributed by atoms with E-state index in [-0.39, 0.29) is 0 Å². The van der Waals surface area contributed by atoms with Gasteiger partial charge in [0.25, 0.3) is 0 Å². The largest absolute Gasteiger partial charge is 0.264 e. The monoisotopic (exact) mass is 572 g/mol. The Morgan fingerprint density at radius 1 is 0.372 bits per heavy atom. The van der Waals surface area contributed by atoms with Crippen molar-refractivity contribution in [3.05, 3.63) is 157 Å². The molecule has 5 heteroatoms. The van der Waals surface area contributed by atoms with Gasteiger partial charge in [-0.15, -0.1) is 0 Å². The summed E-state index contributed by atoms with van der Waals surface area (Å²) in [6.45, 7) is 0. The second-order valence-corrected chi connectivity index (χ2v) is 10.5. The van der Waals surface area contributed by atoms with Crippen LogP contribution in [0.25, 0.3) is 67.5 Å². The molecule has 0 aliphatic heterocycles. The molecule has 0 N–H and O–H groups in total. The van der Waals surface area contributed by atoms with Crippen molar-refractivity contribution in [2.24, 2.45) is 0 Å². The second-order valence-electron chi connectivity index (χ2n) is 10.1. The van der Waals surface area contributed by atoms with E-state index in [1.807, 2.05) is 103 Å². The first-order valence-corrected chi connectivity index (χ1v) is 14.4. The van der Waals surface area contributed by atoms with Gasteiger partial charge in [0.1, 0.15) is 0 Å². The Morgan fingerprint density at radius 2 is 0.884 bits per heavy atom. The topological polar surface area (TPSA) is 51.6 Å². The first kappa shape index (κ1) is 26.4. The summed E-state index contributed by atoms with van der Waals surface area (Å²) in [4.78, 5) is 19.1. The molecular formula is C38H25ClN4. The highest BCUT2D eigenvalue weighted by molar-refractivity contribution is 6.33. The van der Waals surface area contributed by atoms with Gasteiger partial charge >= 0.3 is 0 Å². The van der Waals surface area contributed by atoms with Gasteiger partial charge in [-0.1, -0.05) is 127 Å². The van der Waals surface area contributed by atoms with Gasteiger partial charge in [-0.25, -0.2) is 15.0 Å². The summed E-state index contributed by atoms with van der Waals surface area (Å²) in [5, 5.41) is 0.664. The van der Waals surface area contributed by atoms with Crippen molar-refractivity contribution in [3.63, 3.8) is 0 Å². The first-order chi connectivity index (χ1) is 21.2. The van der Waals surface area contributed by atoms with Crippen LogP contribution in [0.15, 0.2) is 152 Å². The summed E-state index contributed by atoms with van der Waals surface area (Å²) in [6.07, 6.45) is 3.60. The van der Waals surface area contributed by atoms with Gasteiger partial charge < -0.3 is 0 Å². The lowest BCUT2D eigenvalue weighted by Gasteiger charge is -2.11. The van der Waals surface area contributed by atoms with Gasteiger partial charge in [0.2, 0.25) is 0 Å². The molecule has 0 atom stereocenters. The number of aromatic nitrogens is 4. The number of hydrogen-bond donors (Lipinski definition) is 0. The molecule has 2 heterocycles. The van der Waals surface area contributed by atoms with Gasteiger partial charge in [0.05, 0.1) is 0 Å². The van der Waals surface area contributed by atoms with E-state index in [9.17, 15) is 0 Å². The standard InChI is InChI=1S/C38H25ClN4/c39-35-24-29(33-18-9-21-40-25-33)19-20-34(35)30-15-8-17-32(23-30)38-42-36(27-12-5-2-6-13-27)41-37(43-38)31-16-7-14-28(22-31)26-10-3-1-4-11-26/h1-25H. The number of halogens is 1. The Morgan fingerprint density at radius 3 is 1.51 bits per heavy atom. The molecule has 0 spiro atoms. The van der Waals surface area contributed by atoms with Gasteiger partial charge in [0.15, 0.2) is 17.5 Å². The lowest BCUT2D eigenvalue weighted by molar-refractivity contribution is 1.07. The maximum atomic E-state index is 6.83. The van der Waals surface area contributed by atoms with Crippen molar-refractivity contribution in [1.29, 1.82) is 0 Å². The molecular weight excluding hydrogens is 548 g/mol. The minimum Gasteiger partial charge on any atom is -0.264 e. The molecule has 0 aliphatic rings. The third-order valence-corrected chi connectivity index (χ3v) is 7.60. The predicted molar refractivity (Wildman–Crippen MR) is 175 cm³/mol. The molecule has 204 valence electrons. The van der Waals surface area contributed by atoms with Crippen molar-refractivity contribution in [3.8, 4) is 67.5 Å². The van der Waals surface area contributed by atoms with Gasteiger partial charge in [-0.3, -0.25) is 4.98 Å². The fourth-order valence-electron chi connectivity index (χ4n) is 5.11. The van der Waals surface area contributed by atoms with Crippen LogP contribution in [-0.4, -0.2) is 19.9 Å². The van der Waals surface area contributed by atoms with E-state index in [0.717, 1.165) is 50.1 Å². The van der Waals surface area contributed by atoms with Crippen LogP contribution in [-0.2, 0) is 0 Å². The molecule has 4 nitrogen and oxygen atoms in total. The highest BCUT2D eigenvalue weighted by Crippen LogP contribution is 2.34. The Kier molecular flexibility index (Phi) is 7.26. The van der Waals surface area contributed by atoms with E-state index in [1.54, 1.807) is 6.20 Å². The number of hydrogen-bond acceptors (Lipinski definition) is 4. The number of rotatable bonds is 6. The summed E-state index contributed by atoms with van der Waals surface area (Å²) in [7, 11) is 0. The summed E-state index contributed by atoms with van der Waals surface area (Å²) in [5.74, 6) is 1.83. The van der Waals surface area contributed by atoms with Crippen molar-refractivity contribution in [1.82, 2.24) is 19.9 Å². The fraction of sp³-hybridized carbons (Fsp3) is 0. The fourth-order valence-corrected chi connectivity index (χ4v) is 5.40. The smallest absolute Gasteiger partial charge is 0.164 e. The number of benzene rings is 5. The van der Waals surface area contributed by atoms with Gasteiger partial charge in [-0.2, -0.15) is 0 Å². The third kappa shape index (κ3) is 5.69. The van der Waals surface area contributed by atoms with Crippen LogP contribution in [0.4, 0.5) is 0 Å². The molecule has 0 aliphatic carbocycles. The van der Waals surface area contributed by atoms with E-state index in [1.165, 1.54) is 0 Å². The quantitative estimate of drug-likeness (QED) is 0.199. The average molecular weight is 573 g/mol. The Bertz CT molecular complexity index is 2030. The first-order valence-electron chi connectivity index (χ1n) is 14.0. The lowest BCUT2D eigenvalue weighted by Crippen LogP contribution is -2.00. The Balaban J connectivity index is 1.32. The van der Waals surface area contributed by atoms with E-state index in [4.69, 9.17) is 26.6 Å². The van der Waals surface area contributed by atoms with Crippen LogP contribution in [0.1, 0.15) is 0 Å². The van der Waals surface area contributed by atoms with Crippen LogP contribution in [0.5, 0.6) is 0 Å². The van der Waals surface area contributed by atoms with Crippen LogP contribution < -0.4 is 0 Å². The zero-order valence-corrected chi connectivity index (χ0v) is 23.9. The maximum Gasteiger partial charge on any atom is 0.164 e. The minimum atomic E-state index is 0.596. The molecule has 0 saturated carbocycles. The van der Waals surface area contributed by atoms with Crippen LogP contribution >= 0.6 is 11.6 Å². The van der Waals surface area contributed by atoms with E-state index in [0.29, 0.717) is 22.5 Å². The molecule has 0 radical (unpaired) electrons. The molecule has 0 saturated heterocycles. The molecule has 43 heavy (non-hydrogen) atoms. The highest BCUT2D eigenvalue weighted by Gasteiger charge is 2.14. The predicted octanol–water partition coefficient (Wildman–Crippen LogP) is 9.92. The lowest BCUT2D eigenvalue weighted by atomic mass is 9.99. The summed E-state index contributed by atoms with van der Waals surface area (Å²) in [6, 6.07) is 46.9. The number of pyridine rings is 1. The van der Waals surface area contributed by atoms with Crippen molar-refractivity contribution in [2.45, 2.75) is 0 Å². The molecule has 5 aromatic carbocycles. The second kappa shape index (κ2) is 11.8. The SMILES string of the molecule is Clc1cc(-c2cccnc2)ccc1-c1cccc(-c2nc(-c3ccccc3)nc(-c3cccc(-c4ccccc4)c3)n2)c1. The average Bonchev–Trinajstić information content (AvgIpc) is 3.09. The molecule has 7 aromatic rings. The van der Waals surface area contributed by atoms with E-state index >= 15 is 0 Å². The number of nitrogens with zero attached hydrogens (tertiary/aromatic N) is 4. The summed E-state index contributed by atoms with van der Waals surface area (Å²) >= 11 is 6.83. The van der Waals surface area contributed by atoms with E-state index < -0.39 is 0 Å². The maximum absolute atomic E-state index is 6.83. The molecule has 0 bridgehead atoms. The molecule has 2 aromatic heterocycles. The van der Waals surface area contributed by atoms with E-state index in [2.05, 4.69) is 47.4 Å². The third-order valence-electron chi connectivity index (χ3n) is 7.29. The minimum absolute atomic E-state index is 0.596. The van der Waals surface area contributed by atoms with Gasteiger partial charge in [0, 0.05) is 45.2 Å². The van der Waals surface area contributed by atoms with Crippen LogP contribution in [0.3, 0.4) is 0 Å². The van der Waals surface area contributed by atoms with Crippen molar-refractivity contribution in [2.75, 3.05) is 0 Å². The zero-order chi connectivity index (χ0) is 29.0. The van der Waals surface area contributed by atoms with Crippen LogP contribution in [0.2, 0.25) is 5.02 Å². The van der Waals surface area contributed by atoms with Crippen molar-refractivity contribution >= 4 is 11.6 Å². The molecule has 7 rings (SSSR count). The Hall–Kier alpha value is -5.45. The highest BCUT2D eigenvalue weighted by atomic mass is 35.5. The molecule has 0 amide bonds. The van der Waals surface area contributed by atoms with Gasteiger partial charge in [-0.05, 0) is 46.5 Å². The summed E-state index contributed by atoms with van der Waals surface area (Å²) in [5.41, 5.74) is 8.93. The zero-order valence-electron chi connectivity index (χ0n) is 23.1. The van der Waals surface area contributed by atoms with Crippen molar-refractivity contribution < 1.29 is 0 Å². The Labute approximate surface area is 255 Å².